The van der Waals surface area contributed by atoms with Crippen LogP contribution in [0.5, 0.6) is 0 Å². The molecular formula is C28H36ClN3O4. The summed E-state index contributed by atoms with van der Waals surface area (Å²) in [6, 6.07) is 16.8. The van der Waals surface area contributed by atoms with Crippen molar-refractivity contribution < 1.29 is 14.5 Å². The molecule has 2 aromatic rings. The van der Waals surface area contributed by atoms with E-state index >= 15 is 0 Å². The van der Waals surface area contributed by atoms with E-state index in [0.29, 0.717) is 12.1 Å². The number of nitro groups is 1. The van der Waals surface area contributed by atoms with Crippen molar-refractivity contribution in [3.63, 3.8) is 0 Å². The maximum atomic E-state index is 12.9. The number of carbonyl (C=O) groups excluding carboxylic acids is 1. The largest absolute Gasteiger partial charge is 0.445 e. The Morgan fingerprint density at radius 3 is 2.44 bits per heavy atom. The van der Waals surface area contributed by atoms with Crippen LogP contribution in [0.3, 0.4) is 0 Å². The van der Waals surface area contributed by atoms with Gasteiger partial charge in [0.15, 0.2) is 0 Å². The fourth-order valence-corrected chi connectivity index (χ4v) is 4.77. The van der Waals surface area contributed by atoms with E-state index in [1.54, 1.807) is 23.1 Å². The van der Waals surface area contributed by atoms with Crippen molar-refractivity contribution in [2.24, 2.45) is 0 Å². The Hall–Kier alpha value is -2.90. The molecule has 1 aliphatic heterocycles. The van der Waals surface area contributed by atoms with Gasteiger partial charge >= 0.3 is 6.09 Å². The number of halogens is 1. The van der Waals surface area contributed by atoms with Crippen LogP contribution < -0.4 is 0 Å². The first kappa shape index (κ1) is 27.7. The van der Waals surface area contributed by atoms with Gasteiger partial charge in [-0.1, -0.05) is 61.9 Å². The number of nitrogens with zero attached hydrogens (tertiary/aromatic N) is 3. The highest BCUT2D eigenvalue weighted by molar-refractivity contribution is 6.25. The summed E-state index contributed by atoms with van der Waals surface area (Å²) in [7, 11) is 0. The zero-order valence-corrected chi connectivity index (χ0v) is 21.9. The minimum absolute atomic E-state index is 0.00809. The summed E-state index contributed by atoms with van der Waals surface area (Å²) < 4.78 is 5.55. The monoisotopic (exact) mass is 513 g/mol. The van der Waals surface area contributed by atoms with Crippen molar-refractivity contribution in [1.82, 2.24) is 9.80 Å². The van der Waals surface area contributed by atoms with E-state index in [1.165, 1.54) is 23.2 Å². The van der Waals surface area contributed by atoms with Crippen molar-refractivity contribution in [2.45, 2.75) is 57.6 Å². The quantitative estimate of drug-likeness (QED) is 0.253. The first-order chi connectivity index (χ1) is 17.4. The van der Waals surface area contributed by atoms with Crippen molar-refractivity contribution in [1.29, 1.82) is 0 Å². The Bertz CT molecular complexity index is 1010. The predicted molar refractivity (Wildman–Crippen MR) is 143 cm³/mol. The van der Waals surface area contributed by atoms with Gasteiger partial charge in [0.1, 0.15) is 6.61 Å². The van der Waals surface area contributed by atoms with Gasteiger partial charge in [0.2, 0.25) is 0 Å². The Morgan fingerprint density at radius 1 is 1.19 bits per heavy atom. The zero-order valence-electron chi connectivity index (χ0n) is 21.1. The van der Waals surface area contributed by atoms with E-state index in [4.69, 9.17) is 16.3 Å². The number of non-ortho nitro benzene ring substituents is 1. The standard InChI is InChI=1S/C28H36ClN3O4/c1-3-28(2,24-8-5-4-6-9-24)16-21-30-19-14-25(15-20-30)31(18-7-17-29)27(33)36-22-23-10-12-26(13-11-23)32(34)35/h4-13,17,25H,3,14-16,18-22H2,1-2H3/b17-7+. The molecule has 0 aromatic heterocycles. The molecule has 0 aliphatic carbocycles. The summed E-state index contributed by atoms with van der Waals surface area (Å²) in [4.78, 5) is 27.5. The summed E-state index contributed by atoms with van der Waals surface area (Å²) >= 11 is 5.75. The first-order valence-electron chi connectivity index (χ1n) is 12.6. The highest BCUT2D eigenvalue weighted by atomic mass is 35.5. The summed E-state index contributed by atoms with van der Waals surface area (Å²) in [5, 5.41) is 10.8. The van der Waals surface area contributed by atoms with Crippen molar-refractivity contribution in [2.75, 3.05) is 26.2 Å². The smallest absolute Gasteiger partial charge is 0.410 e. The van der Waals surface area contributed by atoms with E-state index in [-0.39, 0.29) is 23.8 Å². The predicted octanol–water partition coefficient (Wildman–Crippen LogP) is 6.51. The molecule has 194 valence electrons. The first-order valence-corrected chi connectivity index (χ1v) is 13.0. The molecule has 1 unspecified atom stereocenters. The molecule has 1 aliphatic rings. The number of likely N-dealkylation sites (tertiary alicyclic amines) is 1. The van der Waals surface area contributed by atoms with Crippen LogP contribution >= 0.6 is 11.6 Å². The SMILES string of the molecule is CCC(C)(CCN1CCC(N(C/C=C/Cl)C(=O)OCc2ccc([N+](=O)[O-])cc2)CC1)c1ccccc1. The summed E-state index contributed by atoms with van der Waals surface area (Å²) in [6.45, 7) is 7.92. The minimum atomic E-state index is -0.452. The number of carbonyl (C=O) groups is 1. The molecule has 1 fully saturated rings. The number of ether oxygens (including phenoxy) is 1. The van der Waals surface area contributed by atoms with Crippen LogP contribution in [0, 0.1) is 10.1 Å². The van der Waals surface area contributed by atoms with Crippen molar-refractivity contribution >= 4 is 23.4 Å². The molecule has 0 N–H and O–H groups in total. The Kier molecular flexibility index (Phi) is 10.3. The highest BCUT2D eigenvalue weighted by Crippen LogP contribution is 2.32. The second-order valence-electron chi connectivity index (χ2n) is 9.60. The van der Waals surface area contributed by atoms with Crippen LogP contribution in [-0.2, 0) is 16.8 Å². The molecule has 1 saturated heterocycles. The maximum Gasteiger partial charge on any atom is 0.410 e. The third kappa shape index (κ3) is 7.55. The van der Waals surface area contributed by atoms with Gasteiger partial charge in [0.25, 0.3) is 5.69 Å². The number of piperidine rings is 1. The number of rotatable bonds is 11. The van der Waals surface area contributed by atoms with Crippen LogP contribution in [0.4, 0.5) is 10.5 Å². The van der Waals surface area contributed by atoms with E-state index in [2.05, 4.69) is 49.1 Å². The number of hydrogen-bond acceptors (Lipinski definition) is 5. The van der Waals surface area contributed by atoms with Gasteiger partial charge < -0.3 is 14.5 Å². The molecule has 1 amide bonds. The van der Waals surface area contributed by atoms with Gasteiger partial charge in [0, 0.05) is 43.3 Å². The average Bonchev–Trinajstić information content (AvgIpc) is 2.92. The highest BCUT2D eigenvalue weighted by Gasteiger charge is 2.30. The molecule has 0 bridgehead atoms. The lowest BCUT2D eigenvalue weighted by Gasteiger charge is -2.39. The van der Waals surface area contributed by atoms with E-state index in [0.717, 1.165) is 45.3 Å². The maximum absolute atomic E-state index is 12.9. The van der Waals surface area contributed by atoms with Gasteiger partial charge in [-0.25, -0.2) is 4.79 Å². The van der Waals surface area contributed by atoms with Crippen LogP contribution in [-0.4, -0.2) is 53.0 Å². The van der Waals surface area contributed by atoms with Gasteiger partial charge in [-0.05, 0) is 60.9 Å². The topological polar surface area (TPSA) is 75.9 Å². The van der Waals surface area contributed by atoms with Gasteiger partial charge in [-0.15, -0.1) is 0 Å². The molecule has 0 saturated carbocycles. The Labute approximate surface area is 218 Å². The second kappa shape index (κ2) is 13.4. The summed E-state index contributed by atoms with van der Waals surface area (Å²) in [6.07, 6.45) is 5.27. The lowest BCUT2D eigenvalue weighted by Crippen LogP contribution is -2.48. The molecule has 3 rings (SSSR count). The van der Waals surface area contributed by atoms with Gasteiger partial charge in [0.05, 0.1) is 4.92 Å². The molecule has 2 aromatic carbocycles. The summed E-state index contributed by atoms with van der Waals surface area (Å²) in [5.74, 6) is 0. The van der Waals surface area contributed by atoms with E-state index in [9.17, 15) is 14.9 Å². The van der Waals surface area contributed by atoms with Crippen LogP contribution in [0.1, 0.15) is 50.7 Å². The molecule has 0 radical (unpaired) electrons. The van der Waals surface area contributed by atoms with E-state index < -0.39 is 11.0 Å². The average molecular weight is 514 g/mol. The van der Waals surface area contributed by atoms with Crippen LogP contribution in [0.15, 0.2) is 66.2 Å². The van der Waals surface area contributed by atoms with Crippen LogP contribution in [0.25, 0.3) is 0 Å². The number of hydrogen-bond donors (Lipinski definition) is 0. The lowest BCUT2D eigenvalue weighted by molar-refractivity contribution is -0.384. The number of nitro benzene ring substituents is 1. The molecule has 1 atom stereocenters. The fraction of sp³-hybridized carbons (Fsp3) is 0.464. The molecule has 8 heteroatoms. The molecule has 7 nitrogen and oxygen atoms in total. The zero-order chi connectivity index (χ0) is 26.0. The molecule has 1 heterocycles. The van der Waals surface area contributed by atoms with Crippen LogP contribution in [0.2, 0.25) is 0 Å². The van der Waals surface area contributed by atoms with Crippen molar-refractivity contribution in [3.8, 4) is 0 Å². The number of benzene rings is 2. The molecule has 0 spiro atoms. The third-order valence-electron chi connectivity index (χ3n) is 7.36. The van der Waals surface area contributed by atoms with E-state index in [1.807, 2.05) is 0 Å². The fourth-order valence-electron chi connectivity index (χ4n) is 4.69. The summed E-state index contributed by atoms with van der Waals surface area (Å²) in [5.41, 5.74) is 3.66. The molecular weight excluding hydrogens is 478 g/mol. The second-order valence-corrected chi connectivity index (χ2v) is 9.85. The Morgan fingerprint density at radius 2 is 1.86 bits per heavy atom. The minimum Gasteiger partial charge on any atom is -0.445 e. The molecule has 36 heavy (non-hydrogen) atoms. The van der Waals surface area contributed by atoms with Gasteiger partial charge in [-0.2, -0.15) is 0 Å². The van der Waals surface area contributed by atoms with Crippen molar-refractivity contribution in [3.05, 3.63) is 87.4 Å². The Balaban J connectivity index is 1.53. The lowest BCUT2D eigenvalue weighted by atomic mass is 9.77. The third-order valence-corrected chi connectivity index (χ3v) is 7.54. The normalized spacial score (nSPS) is 16.5. The van der Waals surface area contributed by atoms with Gasteiger partial charge in [-0.3, -0.25) is 10.1 Å². The number of amides is 1.